The molecule has 0 radical (unpaired) electrons. The lowest BCUT2D eigenvalue weighted by Gasteiger charge is -2.07. The summed E-state index contributed by atoms with van der Waals surface area (Å²) in [4.78, 5) is 11.8. The molecule has 4 heteroatoms. The van der Waals surface area contributed by atoms with E-state index < -0.39 is 0 Å². The van der Waals surface area contributed by atoms with Crippen LogP contribution in [0, 0.1) is 0 Å². The zero-order chi connectivity index (χ0) is 14.9. The summed E-state index contributed by atoms with van der Waals surface area (Å²) >= 11 is 0. The number of para-hydroxylation sites is 1. The molecule has 2 rings (SSSR count). The van der Waals surface area contributed by atoms with Gasteiger partial charge in [-0.05, 0) is 24.1 Å². The van der Waals surface area contributed by atoms with Crippen LogP contribution in [0.1, 0.15) is 18.9 Å². The molecule has 0 aliphatic rings. The largest absolute Gasteiger partial charge is 0.376 e. The number of hydrogen-bond acceptors (Lipinski definition) is 3. The molecule has 4 nitrogen and oxygen atoms in total. The van der Waals surface area contributed by atoms with Crippen molar-refractivity contribution in [1.29, 1.82) is 0 Å². The summed E-state index contributed by atoms with van der Waals surface area (Å²) in [6, 6.07) is 19.4. The predicted molar refractivity (Wildman–Crippen MR) is 86.3 cm³/mol. The number of hydrogen-bond donors (Lipinski definition) is 2. The minimum atomic E-state index is -0.166. The number of nitrogens with zero attached hydrogens (tertiary/aromatic N) is 1. The van der Waals surface area contributed by atoms with E-state index in [1.807, 2.05) is 67.6 Å². The maximum Gasteiger partial charge on any atom is 0.259 e. The van der Waals surface area contributed by atoms with Gasteiger partial charge in [0.05, 0.1) is 12.3 Å². The molecular weight excluding hydrogens is 262 g/mol. The summed E-state index contributed by atoms with van der Waals surface area (Å²) in [5.74, 6) is -0.166. The van der Waals surface area contributed by atoms with Crippen LogP contribution in [0.5, 0.6) is 0 Å². The van der Waals surface area contributed by atoms with Crippen LogP contribution in [0.3, 0.4) is 0 Å². The van der Waals surface area contributed by atoms with Crippen molar-refractivity contribution in [2.75, 3.05) is 11.9 Å². The molecule has 0 aliphatic carbocycles. The second kappa shape index (κ2) is 7.85. The van der Waals surface area contributed by atoms with Crippen LogP contribution in [0.4, 0.5) is 5.69 Å². The zero-order valence-corrected chi connectivity index (χ0v) is 12.0. The zero-order valence-electron chi connectivity index (χ0n) is 12.0. The van der Waals surface area contributed by atoms with E-state index in [-0.39, 0.29) is 12.5 Å². The SMILES string of the molecule is CC/C(=N\NC(=O)CNc1ccccc1)c1ccccc1. The van der Waals surface area contributed by atoms with Crippen LogP contribution in [-0.2, 0) is 4.79 Å². The Morgan fingerprint density at radius 2 is 1.62 bits per heavy atom. The molecule has 0 saturated carbocycles. The third-order valence-electron chi connectivity index (χ3n) is 2.98. The van der Waals surface area contributed by atoms with E-state index in [9.17, 15) is 4.79 Å². The van der Waals surface area contributed by atoms with Crippen LogP contribution >= 0.6 is 0 Å². The number of carbonyl (C=O) groups is 1. The van der Waals surface area contributed by atoms with Gasteiger partial charge in [0.25, 0.3) is 5.91 Å². The van der Waals surface area contributed by atoms with Gasteiger partial charge in [-0.15, -0.1) is 0 Å². The Morgan fingerprint density at radius 3 is 2.24 bits per heavy atom. The number of hydrazone groups is 1. The van der Waals surface area contributed by atoms with Gasteiger partial charge < -0.3 is 5.32 Å². The van der Waals surface area contributed by atoms with E-state index in [1.165, 1.54) is 0 Å². The third-order valence-corrected chi connectivity index (χ3v) is 2.98. The summed E-state index contributed by atoms with van der Waals surface area (Å²) in [6.07, 6.45) is 0.760. The van der Waals surface area contributed by atoms with Gasteiger partial charge in [0.1, 0.15) is 0 Å². The van der Waals surface area contributed by atoms with Gasteiger partial charge >= 0.3 is 0 Å². The minimum absolute atomic E-state index is 0.166. The van der Waals surface area contributed by atoms with E-state index in [1.54, 1.807) is 0 Å². The number of benzene rings is 2. The average Bonchev–Trinajstić information content (AvgIpc) is 2.55. The van der Waals surface area contributed by atoms with Crippen LogP contribution in [-0.4, -0.2) is 18.2 Å². The normalized spacial score (nSPS) is 11.0. The first-order valence-electron chi connectivity index (χ1n) is 6.99. The lowest BCUT2D eigenvalue weighted by atomic mass is 10.1. The summed E-state index contributed by atoms with van der Waals surface area (Å²) in [5.41, 5.74) is 5.39. The maximum absolute atomic E-state index is 11.8. The summed E-state index contributed by atoms with van der Waals surface area (Å²) in [6.45, 7) is 2.21. The fourth-order valence-corrected chi connectivity index (χ4v) is 1.89. The molecule has 108 valence electrons. The Kier molecular flexibility index (Phi) is 5.52. The topological polar surface area (TPSA) is 53.5 Å². The van der Waals surface area contributed by atoms with Crippen molar-refractivity contribution in [1.82, 2.24) is 5.43 Å². The van der Waals surface area contributed by atoms with E-state index in [0.29, 0.717) is 0 Å². The maximum atomic E-state index is 11.8. The molecule has 0 aliphatic heterocycles. The monoisotopic (exact) mass is 281 g/mol. The molecule has 0 spiro atoms. The fourth-order valence-electron chi connectivity index (χ4n) is 1.89. The first kappa shape index (κ1) is 14.8. The highest BCUT2D eigenvalue weighted by atomic mass is 16.2. The van der Waals surface area contributed by atoms with Gasteiger partial charge in [0.15, 0.2) is 0 Å². The second-order valence-electron chi connectivity index (χ2n) is 4.53. The number of rotatable bonds is 6. The van der Waals surface area contributed by atoms with Crippen molar-refractivity contribution >= 4 is 17.3 Å². The Labute approximate surface area is 124 Å². The van der Waals surface area contributed by atoms with Crippen LogP contribution in [0.2, 0.25) is 0 Å². The smallest absolute Gasteiger partial charge is 0.259 e. The van der Waals surface area contributed by atoms with Crippen molar-refractivity contribution < 1.29 is 4.79 Å². The predicted octanol–water partition coefficient (Wildman–Crippen LogP) is 3.03. The van der Waals surface area contributed by atoms with Crippen molar-refractivity contribution in [2.45, 2.75) is 13.3 Å². The summed E-state index contributed by atoms with van der Waals surface area (Å²) in [5, 5.41) is 7.25. The van der Waals surface area contributed by atoms with Crippen molar-refractivity contribution in [2.24, 2.45) is 5.10 Å². The average molecular weight is 281 g/mol. The first-order chi connectivity index (χ1) is 10.3. The fraction of sp³-hybridized carbons (Fsp3) is 0.176. The Balaban J connectivity index is 1.88. The lowest BCUT2D eigenvalue weighted by molar-refractivity contribution is -0.119. The number of anilines is 1. The van der Waals surface area contributed by atoms with Gasteiger partial charge in [-0.2, -0.15) is 5.10 Å². The van der Waals surface area contributed by atoms with Gasteiger partial charge in [-0.1, -0.05) is 55.5 Å². The quantitative estimate of drug-likeness (QED) is 0.631. The molecule has 1 amide bonds. The van der Waals surface area contributed by atoms with E-state index in [4.69, 9.17) is 0 Å². The van der Waals surface area contributed by atoms with Gasteiger partial charge in [0, 0.05) is 5.69 Å². The van der Waals surface area contributed by atoms with Crippen LogP contribution in [0.25, 0.3) is 0 Å². The summed E-state index contributed by atoms with van der Waals surface area (Å²) < 4.78 is 0. The van der Waals surface area contributed by atoms with Crippen molar-refractivity contribution in [3.8, 4) is 0 Å². The highest BCUT2D eigenvalue weighted by Crippen LogP contribution is 2.04. The molecule has 0 heterocycles. The minimum Gasteiger partial charge on any atom is -0.376 e. The molecule has 2 aromatic carbocycles. The number of amides is 1. The summed E-state index contributed by atoms with van der Waals surface area (Å²) in [7, 11) is 0. The van der Waals surface area contributed by atoms with E-state index >= 15 is 0 Å². The highest BCUT2D eigenvalue weighted by molar-refractivity contribution is 6.00. The number of carbonyl (C=O) groups excluding carboxylic acids is 1. The second-order valence-corrected chi connectivity index (χ2v) is 4.53. The van der Waals surface area contributed by atoms with Gasteiger partial charge in [-0.25, -0.2) is 5.43 Å². The first-order valence-corrected chi connectivity index (χ1v) is 6.99. The van der Waals surface area contributed by atoms with Gasteiger partial charge in [-0.3, -0.25) is 4.79 Å². The number of nitrogens with one attached hydrogen (secondary N) is 2. The molecular formula is C17H19N3O. The molecule has 21 heavy (non-hydrogen) atoms. The molecule has 0 saturated heterocycles. The molecule has 0 aromatic heterocycles. The van der Waals surface area contributed by atoms with Crippen LogP contribution in [0.15, 0.2) is 65.8 Å². The molecule has 2 aromatic rings. The van der Waals surface area contributed by atoms with E-state index in [2.05, 4.69) is 15.8 Å². The molecule has 0 unspecified atom stereocenters. The Morgan fingerprint density at radius 1 is 1.00 bits per heavy atom. The third kappa shape index (κ3) is 4.76. The van der Waals surface area contributed by atoms with Crippen molar-refractivity contribution in [3.05, 3.63) is 66.2 Å². The molecule has 0 fully saturated rings. The van der Waals surface area contributed by atoms with Crippen molar-refractivity contribution in [3.63, 3.8) is 0 Å². The molecule has 0 atom stereocenters. The molecule has 2 N–H and O–H groups in total. The Hall–Kier alpha value is -2.62. The lowest BCUT2D eigenvalue weighted by Crippen LogP contribution is -2.27. The standard InChI is InChI=1S/C17H19N3O/c1-2-16(14-9-5-3-6-10-14)19-20-17(21)13-18-15-11-7-4-8-12-15/h3-12,18H,2,13H2,1H3,(H,20,21)/b19-16+. The van der Waals surface area contributed by atoms with Gasteiger partial charge in [0.2, 0.25) is 0 Å². The Bertz CT molecular complexity index is 594. The highest BCUT2D eigenvalue weighted by Gasteiger charge is 2.03. The van der Waals surface area contributed by atoms with E-state index in [0.717, 1.165) is 23.4 Å². The van der Waals surface area contributed by atoms with Crippen LogP contribution < -0.4 is 10.7 Å². The molecule has 0 bridgehead atoms.